The van der Waals surface area contributed by atoms with Crippen LogP contribution in [0.5, 0.6) is 11.5 Å². The van der Waals surface area contributed by atoms with E-state index in [9.17, 15) is 15.1 Å². The fourth-order valence-electron chi connectivity index (χ4n) is 6.73. The molecule has 0 amide bonds. The molecule has 8 rings (SSSR count). The highest BCUT2D eigenvalue weighted by Gasteiger charge is 2.48. The van der Waals surface area contributed by atoms with E-state index in [0.717, 1.165) is 18.4 Å². The van der Waals surface area contributed by atoms with Crippen molar-refractivity contribution < 1.29 is 23.9 Å². The Morgan fingerprint density at radius 1 is 0.653 bits per heavy atom. The molecule has 0 radical (unpaired) electrons. The van der Waals surface area contributed by atoms with Crippen LogP contribution in [0.3, 0.4) is 0 Å². The molecule has 0 N–H and O–H groups in total. The molecule has 5 aromatic rings. The summed E-state index contributed by atoms with van der Waals surface area (Å²) in [6.45, 7) is 17.3. The van der Waals surface area contributed by atoms with E-state index in [-0.39, 0.29) is 115 Å². The van der Waals surface area contributed by atoms with Gasteiger partial charge in [-0.1, -0.05) is 136 Å². The molecule has 3 aliphatic rings. The third-order valence-electron chi connectivity index (χ3n) is 10.0. The van der Waals surface area contributed by atoms with Crippen LogP contribution in [-0.2, 0) is 21.7 Å². The summed E-state index contributed by atoms with van der Waals surface area (Å²) in [6, 6.07) is -2.17. The minimum atomic E-state index is -1.08. The van der Waals surface area contributed by atoms with Crippen molar-refractivity contribution in [2.45, 2.75) is 104 Å². The van der Waals surface area contributed by atoms with Gasteiger partial charge in [-0.3, -0.25) is 0 Å². The van der Waals surface area contributed by atoms with E-state index in [0.29, 0.717) is 11.2 Å². The quantitative estimate of drug-likeness (QED) is 0.175. The molecule has 0 atom stereocenters. The van der Waals surface area contributed by atoms with Gasteiger partial charge in [-0.15, -0.1) is 0 Å². The Morgan fingerprint density at radius 2 is 1.22 bits per heavy atom. The van der Waals surface area contributed by atoms with Crippen LogP contribution in [0.2, 0.25) is 0 Å². The van der Waals surface area contributed by atoms with Gasteiger partial charge in [0.2, 0.25) is 0 Å². The maximum atomic E-state index is 10.2. The van der Waals surface area contributed by atoms with E-state index in [4.69, 9.17) is 8.85 Å². The fourth-order valence-corrected chi connectivity index (χ4v) is 6.73. The zero-order valence-electron chi connectivity index (χ0n) is 44.0. The molecule has 1 fully saturated rings. The fraction of sp³-hybridized carbons (Fsp3) is 0.348. The highest BCUT2D eigenvalue weighted by atomic mass is 16.5. The second-order valence-electron chi connectivity index (χ2n) is 17.0. The molecule has 0 aromatic heterocycles. The van der Waals surface area contributed by atoms with Crippen molar-refractivity contribution in [2.75, 3.05) is 4.90 Å². The zero-order chi connectivity index (χ0) is 46.9. The van der Waals surface area contributed by atoms with Gasteiger partial charge in [-0.25, -0.2) is 0 Å². The van der Waals surface area contributed by atoms with E-state index in [1.807, 2.05) is 47.6 Å². The lowest BCUT2D eigenvalue weighted by Gasteiger charge is -2.42. The maximum Gasteiger partial charge on any atom is 0.256 e. The SMILES string of the molecule is [2H]c1c([2H])c([2H])c(-c2c([2H])c(C(C)(C)C)c([2H])c([2H])c2N2c3ccc(C4(C)CC4)c4c3B(c3c([2H])c(C(C)(C)C)c([2H])c([2H])c3O4)c3c([2H])c(C(C)(C)C)c([2H])c([2H])c32)c([2H])c1[2H]. The van der Waals surface area contributed by atoms with Crippen molar-refractivity contribution in [2.24, 2.45) is 0 Å². The van der Waals surface area contributed by atoms with Crippen LogP contribution in [0.15, 0.2) is 96.7 Å². The van der Waals surface area contributed by atoms with Crippen molar-refractivity contribution in [3.8, 4) is 22.6 Å². The molecule has 3 heteroatoms. The molecule has 49 heavy (non-hydrogen) atoms. The normalized spacial score (nSPS) is 20.0. The Bertz CT molecular complexity index is 2870. The van der Waals surface area contributed by atoms with Crippen molar-refractivity contribution >= 4 is 40.2 Å². The van der Waals surface area contributed by atoms with Crippen LogP contribution in [-0.4, -0.2) is 6.71 Å². The van der Waals surface area contributed by atoms with Gasteiger partial charge in [-0.05, 0) is 103 Å². The van der Waals surface area contributed by atoms with Gasteiger partial charge in [0, 0.05) is 22.5 Å². The summed E-state index contributed by atoms with van der Waals surface area (Å²) in [5.41, 5.74) is -1.57. The molecule has 2 nitrogen and oxygen atoms in total. The third-order valence-corrected chi connectivity index (χ3v) is 10.0. The monoisotopic (exact) mass is 657 g/mol. The lowest BCUT2D eigenvalue weighted by molar-refractivity contribution is 0.473. The van der Waals surface area contributed by atoms with E-state index < -0.39 is 59.2 Å². The van der Waals surface area contributed by atoms with Crippen molar-refractivity contribution in [1.29, 1.82) is 0 Å². The summed E-state index contributed by atoms with van der Waals surface area (Å²) < 4.78 is 139. The van der Waals surface area contributed by atoms with E-state index in [2.05, 4.69) is 6.92 Å². The first kappa shape index (κ1) is 19.8. The number of nitrogens with zero attached hydrogens (tertiary/aromatic N) is 1. The Balaban J connectivity index is 1.67. The molecule has 2 aliphatic heterocycles. The number of fused-ring (bicyclic) bond motifs is 4. The molecule has 2 heterocycles. The minimum Gasteiger partial charge on any atom is -0.458 e. The van der Waals surface area contributed by atoms with Gasteiger partial charge in [0.05, 0.1) is 24.9 Å². The Labute approximate surface area is 314 Å². The summed E-state index contributed by atoms with van der Waals surface area (Å²) in [7, 11) is 0. The highest BCUT2D eigenvalue weighted by molar-refractivity contribution is 6.99. The Hall–Kier alpha value is -4.24. The number of benzene rings is 5. The average molecular weight is 658 g/mol. The zero-order valence-corrected chi connectivity index (χ0v) is 30.0. The van der Waals surface area contributed by atoms with Crippen LogP contribution in [0.25, 0.3) is 11.1 Å². The molecule has 0 saturated heterocycles. The molecule has 5 aromatic carbocycles. The van der Waals surface area contributed by atoms with Crippen molar-refractivity contribution in [3.63, 3.8) is 0 Å². The van der Waals surface area contributed by atoms with Crippen LogP contribution < -0.4 is 26.0 Å². The number of hydrogen-bond donors (Lipinski definition) is 0. The first-order chi connectivity index (χ1) is 28.9. The average Bonchev–Trinajstić information content (AvgIpc) is 3.92. The topological polar surface area (TPSA) is 12.5 Å². The molecule has 1 aliphatic carbocycles. The van der Waals surface area contributed by atoms with Crippen molar-refractivity contribution in [3.05, 3.63) is 119 Å². The van der Waals surface area contributed by atoms with Gasteiger partial charge >= 0.3 is 0 Å². The number of anilines is 3. The van der Waals surface area contributed by atoms with E-state index >= 15 is 0 Å². The summed E-state index contributed by atoms with van der Waals surface area (Å²) in [5.74, 6) is 0.294. The van der Waals surface area contributed by atoms with E-state index in [1.165, 1.54) is 4.90 Å². The Morgan fingerprint density at radius 3 is 1.84 bits per heavy atom. The predicted molar refractivity (Wildman–Crippen MR) is 210 cm³/mol. The minimum absolute atomic E-state index is 0.0202. The van der Waals surface area contributed by atoms with Gasteiger partial charge in [-0.2, -0.15) is 0 Å². The van der Waals surface area contributed by atoms with Gasteiger partial charge in [0.15, 0.2) is 0 Å². The highest BCUT2D eigenvalue weighted by Crippen LogP contribution is 2.54. The summed E-state index contributed by atoms with van der Waals surface area (Å²) in [5, 5.41) is 0. The summed E-state index contributed by atoms with van der Waals surface area (Å²) in [4.78, 5) is 1.44. The maximum absolute atomic E-state index is 10.2. The molecule has 1 saturated carbocycles. The van der Waals surface area contributed by atoms with Gasteiger partial charge in [0.25, 0.3) is 6.71 Å². The van der Waals surface area contributed by atoms with Gasteiger partial charge < -0.3 is 9.64 Å². The number of rotatable bonds is 3. The summed E-state index contributed by atoms with van der Waals surface area (Å²) in [6.07, 6.45) is 1.60. The van der Waals surface area contributed by atoms with Crippen LogP contribution >= 0.6 is 0 Å². The lowest BCUT2D eigenvalue weighted by atomic mass is 9.33. The first-order valence-electron chi connectivity index (χ1n) is 24.1. The second-order valence-corrected chi connectivity index (χ2v) is 17.0. The second kappa shape index (κ2) is 10.6. The molecular weight excluding hydrogens is 593 g/mol. The Kier molecular flexibility index (Phi) is 4.30. The third kappa shape index (κ3) is 5.23. The van der Waals surface area contributed by atoms with Crippen molar-refractivity contribution in [1.82, 2.24) is 0 Å². The summed E-state index contributed by atoms with van der Waals surface area (Å²) >= 11 is 0. The predicted octanol–water partition coefficient (Wildman–Crippen LogP) is 10.7. The largest absolute Gasteiger partial charge is 0.458 e. The van der Waals surface area contributed by atoms with Crippen LogP contribution in [0, 0.1) is 0 Å². The standard InChI is InChI=1S/C46H50BNO/c1-43(2,3)30-16-20-37(33(26-30)29-14-12-11-13-15-29)48-38-21-17-31(44(4,5)6)27-35(38)47-36-28-32(45(7,8)9)18-23-40(36)49-42-34(46(10)24-25-46)19-22-39(48)41(42)47/h11-23,26-28H,24-25H2,1-10H3/i11D,12D,13D,14D,15D,16D,17D,18D,20D,21D,23D,26D,27D,28D. The number of hydrogen-bond acceptors (Lipinski definition) is 2. The van der Waals surface area contributed by atoms with Gasteiger partial charge in [0.1, 0.15) is 11.5 Å². The van der Waals surface area contributed by atoms with Crippen LogP contribution in [0.4, 0.5) is 17.1 Å². The molecule has 0 unspecified atom stereocenters. The molecular formula is C46H50BNO. The molecule has 248 valence electrons. The number of ether oxygens (including phenoxy) is 1. The van der Waals surface area contributed by atoms with Crippen LogP contribution in [0.1, 0.15) is 124 Å². The van der Waals surface area contributed by atoms with E-state index in [1.54, 1.807) is 26.8 Å². The smallest absolute Gasteiger partial charge is 0.256 e. The molecule has 0 bridgehead atoms. The first-order valence-corrected chi connectivity index (χ1v) is 17.1. The lowest BCUT2D eigenvalue weighted by Crippen LogP contribution is -2.60. The molecule has 0 spiro atoms.